The molecule has 0 atom stereocenters. The van der Waals surface area contributed by atoms with Gasteiger partial charge >= 0.3 is 0 Å². The molecule has 1 aliphatic rings. The summed E-state index contributed by atoms with van der Waals surface area (Å²) in [5.74, 6) is -0.402. The number of morpholine rings is 1. The molecule has 1 aromatic heterocycles. The van der Waals surface area contributed by atoms with Crippen LogP contribution in [0.15, 0.2) is 21.6 Å². The van der Waals surface area contributed by atoms with Crippen LogP contribution in [0.3, 0.4) is 0 Å². The summed E-state index contributed by atoms with van der Waals surface area (Å²) < 4.78 is 36.2. The number of hydrogen-bond acceptors (Lipinski definition) is 5. The number of ether oxygens (including phenoxy) is 1. The van der Waals surface area contributed by atoms with Crippen molar-refractivity contribution in [3.05, 3.63) is 17.9 Å². The normalized spacial score (nSPS) is 17.1. The summed E-state index contributed by atoms with van der Waals surface area (Å²) in [4.78, 5) is 11.7. The molecule has 0 saturated carbocycles. The lowest BCUT2D eigenvalue weighted by atomic mass is 10.4. The second-order valence-corrected chi connectivity index (χ2v) is 6.26. The molecule has 2 heterocycles. The Morgan fingerprint density at radius 3 is 2.70 bits per heavy atom. The molecule has 0 aromatic carbocycles. The van der Waals surface area contributed by atoms with Gasteiger partial charge in [-0.15, -0.1) is 0 Å². The van der Waals surface area contributed by atoms with Gasteiger partial charge in [0, 0.05) is 19.6 Å². The van der Waals surface area contributed by atoms with Crippen molar-refractivity contribution in [3.8, 4) is 0 Å². The fourth-order valence-corrected chi connectivity index (χ4v) is 3.14. The Balaban J connectivity index is 2.13. The van der Waals surface area contributed by atoms with E-state index in [0.29, 0.717) is 32.8 Å². The molecule has 20 heavy (non-hydrogen) atoms. The monoisotopic (exact) mass is 302 g/mol. The maximum absolute atomic E-state index is 12.3. The van der Waals surface area contributed by atoms with E-state index >= 15 is 0 Å². The minimum atomic E-state index is -3.69. The zero-order chi connectivity index (χ0) is 14.6. The first kappa shape index (κ1) is 15.0. The van der Waals surface area contributed by atoms with E-state index in [9.17, 15) is 13.2 Å². The molecule has 0 unspecified atom stereocenters. The van der Waals surface area contributed by atoms with Crippen LogP contribution < -0.4 is 5.32 Å². The van der Waals surface area contributed by atoms with Gasteiger partial charge in [-0.05, 0) is 18.6 Å². The van der Waals surface area contributed by atoms with Gasteiger partial charge in [0.05, 0.1) is 13.2 Å². The van der Waals surface area contributed by atoms with Crippen molar-refractivity contribution in [2.45, 2.75) is 18.4 Å². The molecule has 1 aliphatic heterocycles. The Hall–Kier alpha value is -1.38. The number of amides is 1. The molecule has 1 aromatic rings. The van der Waals surface area contributed by atoms with Crippen LogP contribution in [0.25, 0.3) is 0 Å². The summed E-state index contributed by atoms with van der Waals surface area (Å²) in [5.41, 5.74) is 0. The van der Waals surface area contributed by atoms with Crippen molar-refractivity contribution < 1.29 is 22.4 Å². The SMILES string of the molecule is CCCNC(=O)c1ccc(S(=O)(=O)N2CCOCC2)o1. The van der Waals surface area contributed by atoms with Crippen molar-refractivity contribution >= 4 is 15.9 Å². The zero-order valence-corrected chi connectivity index (χ0v) is 12.1. The summed E-state index contributed by atoms with van der Waals surface area (Å²) in [6.45, 7) is 3.76. The molecular weight excluding hydrogens is 284 g/mol. The Morgan fingerprint density at radius 1 is 1.35 bits per heavy atom. The van der Waals surface area contributed by atoms with Crippen LogP contribution >= 0.6 is 0 Å². The van der Waals surface area contributed by atoms with Gasteiger partial charge < -0.3 is 14.5 Å². The number of furan rings is 1. The summed E-state index contributed by atoms with van der Waals surface area (Å²) in [6.07, 6.45) is 0.797. The molecule has 8 heteroatoms. The van der Waals surface area contributed by atoms with Crippen molar-refractivity contribution in [1.82, 2.24) is 9.62 Å². The Bertz CT molecular complexity index is 560. The first-order valence-electron chi connectivity index (χ1n) is 6.51. The lowest BCUT2D eigenvalue weighted by molar-refractivity contribution is 0.0722. The van der Waals surface area contributed by atoms with E-state index in [1.165, 1.54) is 16.4 Å². The number of carbonyl (C=O) groups is 1. The Kier molecular flexibility index (Phi) is 4.79. The highest BCUT2D eigenvalue weighted by molar-refractivity contribution is 7.89. The largest absolute Gasteiger partial charge is 0.438 e. The summed E-state index contributed by atoms with van der Waals surface area (Å²) >= 11 is 0. The van der Waals surface area contributed by atoms with Crippen LogP contribution in [0, 0.1) is 0 Å². The first-order valence-corrected chi connectivity index (χ1v) is 7.95. The molecule has 0 radical (unpaired) electrons. The lowest BCUT2D eigenvalue weighted by Gasteiger charge is -2.24. The summed E-state index contributed by atoms with van der Waals surface area (Å²) in [7, 11) is -3.69. The van der Waals surface area contributed by atoms with Gasteiger partial charge in [-0.2, -0.15) is 4.31 Å². The fourth-order valence-electron chi connectivity index (χ4n) is 1.82. The minimum absolute atomic E-state index is 0.00489. The van der Waals surface area contributed by atoms with E-state index < -0.39 is 15.9 Å². The highest BCUT2D eigenvalue weighted by Gasteiger charge is 2.29. The molecule has 0 aliphatic carbocycles. The van der Waals surface area contributed by atoms with E-state index in [1.54, 1.807) is 0 Å². The Morgan fingerprint density at radius 2 is 2.05 bits per heavy atom. The summed E-state index contributed by atoms with van der Waals surface area (Å²) in [5, 5.41) is 2.42. The highest BCUT2D eigenvalue weighted by atomic mass is 32.2. The average Bonchev–Trinajstić information content (AvgIpc) is 2.96. The van der Waals surface area contributed by atoms with Crippen LogP contribution in [0.4, 0.5) is 0 Å². The molecule has 112 valence electrons. The number of nitrogens with one attached hydrogen (secondary N) is 1. The molecule has 0 spiro atoms. The van der Waals surface area contributed by atoms with Gasteiger partial charge in [0.1, 0.15) is 0 Å². The quantitative estimate of drug-likeness (QED) is 0.852. The van der Waals surface area contributed by atoms with Crippen molar-refractivity contribution in [1.29, 1.82) is 0 Å². The number of carbonyl (C=O) groups excluding carboxylic acids is 1. The van der Waals surface area contributed by atoms with Gasteiger partial charge in [0.15, 0.2) is 5.76 Å². The van der Waals surface area contributed by atoms with Crippen molar-refractivity contribution in [2.24, 2.45) is 0 Å². The molecular formula is C12H18N2O5S. The Labute approximate surface area is 117 Å². The first-order chi connectivity index (χ1) is 9.55. The molecule has 2 rings (SSSR count). The molecule has 1 N–H and O–H groups in total. The minimum Gasteiger partial charge on any atom is -0.438 e. The predicted molar refractivity (Wildman–Crippen MR) is 70.9 cm³/mol. The third-order valence-electron chi connectivity index (χ3n) is 2.90. The predicted octanol–water partition coefficient (Wildman–Crippen LogP) is 0.440. The topological polar surface area (TPSA) is 88.9 Å². The maximum Gasteiger partial charge on any atom is 0.287 e. The second-order valence-electron chi connectivity index (χ2n) is 4.39. The number of hydrogen-bond donors (Lipinski definition) is 1. The van der Waals surface area contributed by atoms with Crippen LogP contribution in [-0.2, 0) is 14.8 Å². The van der Waals surface area contributed by atoms with Crippen molar-refractivity contribution in [2.75, 3.05) is 32.8 Å². The van der Waals surface area contributed by atoms with Gasteiger partial charge in [-0.25, -0.2) is 8.42 Å². The standard InChI is InChI=1S/C12H18N2O5S/c1-2-5-13-12(15)10-3-4-11(19-10)20(16,17)14-6-8-18-9-7-14/h3-4H,2,5-9H2,1H3,(H,13,15). The average molecular weight is 302 g/mol. The third-order valence-corrected chi connectivity index (χ3v) is 4.68. The highest BCUT2D eigenvalue weighted by Crippen LogP contribution is 2.19. The van der Waals surface area contributed by atoms with Gasteiger partial charge in [-0.1, -0.05) is 6.92 Å². The van der Waals surface area contributed by atoms with Crippen molar-refractivity contribution in [3.63, 3.8) is 0 Å². The third kappa shape index (κ3) is 3.20. The van der Waals surface area contributed by atoms with E-state index in [2.05, 4.69) is 5.32 Å². The number of rotatable bonds is 5. The van der Waals surface area contributed by atoms with Gasteiger partial charge in [0.2, 0.25) is 5.09 Å². The molecule has 7 nitrogen and oxygen atoms in total. The van der Waals surface area contributed by atoms with E-state index in [4.69, 9.17) is 9.15 Å². The molecule has 0 bridgehead atoms. The lowest BCUT2D eigenvalue weighted by Crippen LogP contribution is -2.40. The van der Waals surface area contributed by atoms with Crippen LogP contribution in [0.5, 0.6) is 0 Å². The van der Waals surface area contributed by atoms with E-state index in [0.717, 1.165) is 6.42 Å². The molecule has 1 fully saturated rings. The molecule has 1 amide bonds. The van der Waals surface area contributed by atoms with Crippen LogP contribution in [-0.4, -0.2) is 51.5 Å². The second kappa shape index (κ2) is 6.38. The number of nitrogens with zero attached hydrogens (tertiary/aromatic N) is 1. The van der Waals surface area contributed by atoms with E-state index in [-0.39, 0.29) is 10.9 Å². The number of sulfonamides is 1. The van der Waals surface area contributed by atoms with Crippen LogP contribution in [0.2, 0.25) is 0 Å². The zero-order valence-electron chi connectivity index (χ0n) is 11.3. The van der Waals surface area contributed by atoms with Gasteiger partial charge in [0.25, 0.3) is 15.9 Å². The smallest absolute Gasteiger partial charge is 0.287 e. The van der Waals surface area contributed by atoms with Gasteiger partial charge in [-0.3, -0.25) is 4.79 Å². The molecule has 1 saturated heterocycles. The summed E-state index contributed by atoms with van der Waals surface area (Å²) in [6, 6.07) is 2.68. The van der Waals surface area contributed by atoms with Crippen LogP contribution in [0.1, 0.15) is 23.9 Å². The fraction of sp³-hybridized carbons (Fsp3) is 0.583. The maximum atomic E-state index is 12.3. The van der Waals surface area contributed by atoms with E-state index in [1.807, 2.05) is 6.92 Å².